The Balaban J connectivity index is 2.52. The maximum absolute atomic E-state index is 9.49. The van der Waals surface area contributed by atoms with Crippen LogP contribution in [0.4, 0.5) is 0 Å². The van der Waals surface area contributed by atoms with Crippen LogP contribution in [0.25, 0.3) is 0 Å². The Labute approximate surface area is 82.5 Å². The summed E-state index contributed by atoms with van der Waals surface area (Å²) < 4.78 is 0. The first kappa shape index (κ1) is 11.1. The second kappa shape index (κ2) is 4.01. The maximum atomic E-state index is 9.49. The quantitative estimate of drug-likeness (QED) is 0.627. The summed E-state index contributed by atoms with van der Waals surface area (Å²) in [4.78, 5) is 2.18. The minimum Gasteiger partial charge on any atom is -0.437 e. The molecule has 1 atom stereocenters. The molecule has 0 aliphatic carbocycles. The molecule has 3 heteroatoms. The smallest absolute Gasteiger partial charge is 0.376 e. The van der Waals surface area contributed by atoms with E-state index in [2.05, 4.69) is 25.6 Å². The molecule has 1 aliphatic rings. The van der Waals surface area contributed by atoms with Crippen molar-refractivity contribution in [1.29, 1.82) is 0 Å². The van der Waals surface area contributed by atoms with Crippen LogP contribution in [0.3, 0.4) is 0 Å². The van der Waals surface area contributed by atoms with Crippen molar-refractivity contribution in [3.8, 4) is 0 Å². The SMILES string of the molecule is CB(O)N1CCCC(C(C)(C)C)C1. The van der Waals surface area contributed by atoms with Gasteiger partial charge in [0.1, 0.15) is 0 Å². The van der Waals surface area contributed by atoms with Gasteiger partial charge in [-0.1, -0.05) is 20.8 Å². The number of rotatable bonds is 1. The number of piperidine rings is 1. The van der Waals surface area contributed by atoms with E-state index in [0.717, 1.165) is 19.0 Å². The lowest BCUT2D eigenvalue weighted by molar-refractivity contribution is 0.138. The molecule has 1 saturated heterocycles. The topological polar surface area (TPSA) is 23.5 Å². The lowest BCUT2D eigenvalue weighted by Gasteiger charge is -2.40. The van der Waals surface area contributed by atoms with Crippen molar-refractivity contribution < 1.29 is 5.02 Å². The molecular formula is C10H22BNO. The van der Waals surface area contributed by atoms with Gasteiger partial charge in [0, 0.05) is 0 Å². The van der Waals surface area contributed by atoms with Gasteiger partial charge in [0.05, 0.1) is 0 Å². The number of hydrogen-bond acceptors (Lipinski definition) is 2. The van der Waals surface area contributed by atoms with E-state index in [-0.39, 0.29) is 7.05 Å². The van der Waals surface area contributed by atoms with Crippen LogP contribution >= 0.6 is 0 Å². The van der Waals surface area contributed by atoms with Gasteiger partial charge < -0.3 is 9.83 Å². The maximum Gasteiger partial charge on any atom is 0.376 e. The average molecular weight is 183 g/mol. The van der Waals surface area contributed by atoms with E-state index < -0.39 is 0 Å². The molecule has 0 spiro atoms. The lowest BCUT2D eigenvalue weighted by atomic mass is 9.72. The molecule has 1 unspecified atom stereocenters. The standard InChI is InChI=1S/C10H22BNO/c1-10(2,3)9-6-5-7-12(8-9)11(4)13/h9,13H,5-8H2,1-4H3. The van der Waals surface area contributed by atoms with Crippen LogP contribution < -0.4 is 0 Å². The summed E-state index contributed by atoms with van der Waals surface area (Å²) >= 11 is 0. The average Bonchev–Trinajstić information content (AvgIpc) is 2.03. The fraction of sp³-hybridized carbons (Fsp3) is 1.00. The highest BCUT2D eigenvalue weighted by atomic mass is 16.2. The predicted molar refractivity (Wildman–Crippen MR) is 57.6 cm³/mol. The molecule has 0 aromatic heterocycles. The predicted octanol–water partition coefficient (Wildman–Crippen LogP) is 1.85. The van der Waals surface area contributed by atoms with E-state index in [1.165, 1.54) is 12.8 Å². The normalized spacial score (nSPS) is 26.1. The minimum atomic E-state index is -0.273. The second-order valence-electron chi connectivity index (χ2n) is 5.33. The van der Waals surface area contributed by atoms with Gasteiger partial charge in [0.25, 0.3) is 0 Å². The number of nitrogens with zero attached hydrogens (tertiary/aromatic N) is 1. The van der Waals surface area contributed by atoms with Crippen LogP contribution in [0.15, 0.2) is 0 Å². The minimum absolute atomic E-state index is 0.273. The molecule has 1 N–H and O–H groups in total. The van der Waals surface area contributed by atoms with Crippen LogP contribution in [0, 0.1) is 11.3 Å². The Morgan fingerprint density at radius 1 is 1.38 bits per heavy atom. The highest BCUT2D eigenvalue weighted by molar-refractivity contribution is 6.45. The summed E-state index contributed by atoms with van der Waals surface area (Å²) in [5.74, 6) is 0.732. The highest BCUT2D eigenvalue weighted by Crippen LogP contribution is 2.33. The van der Waals surface area contributed by atoms with Gasteiger partial charge in [-0.15, -0.1) is 0 Å². The zero-order chi connectivity index (χ0) is 10.1. The monoisotopic (exact) mass is 183 g/mol. The number of hydrogen-bond donors (Lipinski definition) is 1. The van der Waals surface area contributed by atoms with Crippen molar-refractivity contribution in [1.82, 2.24) is 4.81 Å². The van der Waals surface area contributed by atoms with Crippen molar-refractivity contribution in [2.45, 2.75) is 40.4 Å². The van der Waals surface area contributed by atoms with Crippen molar-refractivity contribution in [2.75, 3.05) is 13.1 Å². The van der Waals surface area contributed by atoms with Crippen molar-refractivity contribution in [3.05, 3.63) is 0 Å². The Bertz CT molecular complexity index is 165. The first-order valence-corrected chi connectivity index (χ1v) is 5.33. The summed E-state index contributed by atoms with van der Waals surface area (Å²) in [5.41, 5.74) is 0.382. The van der Waals surface area contributed by atoms with Crippen LogP contribution in [0.5, 0.6) is 0 Å². The molecule has 0 radical (unpaired) electrons. The Kier molecular flexibility index (Phi) is 3.41. The molecular weight excluding hydrogens is 161 g/mol. The Morgan fingerprint density at radius 2 is 2.00 bits per heavy atom. The molecule has 0 amide bonds. The van der Waals surface area contributed by atoms with Gasteiger partial charge in [-0.3, -0.25) is 0 Å². The zero-order valence-corrected chi connectivity index (χ0v) is 9.38. The molecule has 1 heterocycles. The van der Waals surface area contributed by atoms with Gasteiger partial charge in [-0.25, -0.2) is 0 Å². The van der Waals surface area contributed by atoms with E-state index in [4.69, 9.17) is 0 Å². The van der Waals surface area contributed by atoms with Crippen molar-refractivity contribution in [2.24, 2.45) is 11.3 Å². The second-order valence-corrected chi connectivity index (χ2v) is 5.33. The third-order valence-corrected chi connectivity index (χ3v) is 3.21. The van der Waals surface area contributed by atoms with Crippen LogP contribution in [-0.4, -0.2) is 30.0 Å². The Morgan fingerprint density at radius 3 is 2.46 bits per heavy atom. The molecule has 13 heavy (non-hydrogen) atoms. The van der Waals surface area contributed by atoms with E-state index in [9.17, 15) is 5.02 Å². The van der Waals surface area contributed by atoms with Crippen molar-refractivity contribution >= 4 is 7.05 Å². The van der Waals surface area contributed by atoms with Gasteiger partial charge >= 0.3 is 7.05 Å². The summed E-state index contributed by atoms with van der Waals surface area (Å²) in [6.45, 7) is 10.9. The molecule has 0 aromatic rings. The fourth-order valence-corrected chi connectivity index (χ4v) is 2.05. The summed E-state index contributed by atoms with van der Waals surface area (Å²) in [7, 11) is -0.273. The van der Waals surface area contributed by atoms with E-state index in [1.807, 2.05) is 6.82 Å². The van der Waals surface area contributed by atoms with Crippen LogP contribution in [0.2, 0.25) is 6.82 Å². The molecule has 0 aromatic carbocycles. The van der Waals surface area contributed by atoms with E-state index in [0.29, 0.717) is 5.41 Å². The highest BCUT2D eigenvalue weighted by Gasteiger charge is 2.31. The molecule has 1 aliphatic heterocycles. The molecule has 76 valence electrons. The molecule has 1 fully saturated rings. The van der Waals surface area contributed by atoms with Crippen LogP contribution in [0.1, 0.15) is 33.6 Å². The van der Waals surface area contributed by atoms with E-state index >= 15 is 0 Å². The summed E-state index contributed by atoms with van der Waals surface area (Å²) in [5, 5.41) is 9.49. The van der Waals surface area contributed by atoms with Crippen LogP contribution in [-0.2, 0) is 0 Å². The zero-order valence-electron chi connectivity index (χ0n) is 9.38. The summed E-state index contributed by atoms with van der Waals surface area (Å²) in [6, 6.07) is 0. The fourth-order valence-electron chi connectivity index (χ4n) is 2.05. The molecule has 2 nitrogen and oxygen atoms in total. The van der Waals surface area contributed by atoms with E-state index in [1.54, 1.807) is 0 Å². The van der Waals surface area contributed by atoms with Crippen molar-refractivity contribution in [3.63, 3.8) is 0 Å². The van der Waals surface area contributed by atoms with Gasteiger partial charge in [-0.05, 0) is 44.1 Å². The Hall–Kier alpha value is -0.0151. The molecule has 1 rings (SSSR count). The molecule has 0 saturated carbocycles. The molecule has 0 bridgehead atoms. The largest absolute Gasteiger partial charge is 0.437 e. The summed E-state index contributed by atoms with van der Waals surface area (Å²) in [6.07, 6.45) is 2.54. The first-order valence-electron chi connectivity index (χ1n) is 5.33. The van der Waals surface area contributed by atoms with Gasteiger partial charge in [0.15, 0.2) is 0 Å². The lowest BCUT2D eigenvalue weighted by Crippen LogP contribution is -2.47. The third-order valence-electron chi connectivity index (χ3n) is 3.21. The third kappa shape index (κ3) is 2.99. The van der Waals surface area contributed by atoms with Gasteiger partial charge in [-0.2, -0.15) is 0 Å². The first-order chi connectivity index (χ1) is 5.91. The van der Waals surface area contributed by atoms with Gasteiger partial charge in [0.2, 0.25) is 0 Å².